The van der Waals surface area contributed by atoms with Gasteiger partial charge in [0.2, 0.25) is 5.75 Å². The number of rotatable bonds is 3. The molecule has 0 aliphatic carbocycles. The van der Waals surface area contributed by atoms with Gasteiger partial charge in [0.25, 0.3) is 5.56 Å². The van der Waals surface area contributed by atoms with Crippen LogP contribution in [0.4, 0.5) is 0 Å². The molecule has 0 bridgehead atoms. The highest BCUT2D eigenvalue weighted by Crippen LogP contribution is 2.18. The van der Waals surface area contributed by atoms with Crippen LogP contribution in [0, 0.1) is 5.92 Å². The van der Waals surface area contributed by atoms with Crippen molar-refractivity contribution in [3.05, 3.63) is 21.8 Å². The van der Waals surface area contributed by atoms with Gasteiger partial charge in [0.15, 0.2) is 5.15 Å². The fourth-order valence-corrected chi connectivity index (χ4v) is 2.16. The maximum atomic E-state index is 12.0. The Labute approximate surface area is 104 Å². The minimum atomic E-state index is -0.223. The van der Waals surface area contributed by atoms with Gasteiger partial charge in [0.05, 0.1) is 13.4 Å². The highest BCUT2D eigenvalue weighted by molar-refractivity contribution is 6.30. The summed E-state index contributed by atoms with van der Waals surface area (Å²) in [5.74, 6) is 0.565. The molecule has 0 saturated carbocycles. The van der Waals surface area contributed by atoms with E-state index in [9.17, 15) is 4.79 Å². The average molecular weight is 259 g/mol. The van der Waals surface area contributed by atoms with Crippen LogP contribution < -0.4 is 10.3 Å². The molecule has 0 aromatic carbocycles. The molecule has 0 radical (unpaired) electrons. The first-order valence-electron chi connectivity index (χ1n) is 5.59. The number of aromatic nitrogens is 2. The topological polar surface area (TPSA) is 53.4 Å². The summed E-state index contributed by atoms with van der Waals surface area (Å²) >= 11 is 5.77. The third-order valence-corrected chi connectivity index (χ3v) is 3.22. The lowest BCUT2D eigenvalue weighted by molar-refractivity contribution is 0.0608. The van der Waals surface area contributed by atoms with Crippen LogP contribution in [0.25, 0.3) is 0 Å². The number of methoxy groups -OCH3 is 1. The predicted molar refractivity (Wildman–Crippen MR) is 63.6 cm³/mol. The largest absolute Gasteiger partial charge is 0.489 e. The monoisotopic (exact) mass is 258 g/mol. The summed E-state index contributed by atoms with van der Waals surface area (Å²) in [7, 11) is 1.42. The van der Waals surface area contributed by atoms with E-state index >= 15 is 0 Å². The fraction of sp³-hybridized carbons (Fsp3) is 0.636. The molecule has 0 atom stereocenters. The van der Waals surface area contributed by atoms with Gasteiger partial charge in [-0.05, 0) is 18.8 Å². The molecule has 5 nitrogen and oxygen atoms in total. The van der Waals surface area contributed by atoms with E-state index < -0.39 is 0 Å². The summed E-state index contributed by atoms with van der Waals surface area (Å²) in [4.78, 5) is 15.9. The molecule has 17 heavy (non-hydrogen) atoms. The molecular formula is C11H15ClN2O3. The van der Waals surface area contributed by atoms with Crippen molar-refractivity contribution in [2.45, 2.75) is 19.4 Å². The van der Waals surface area contributed by atoms with Gasteiger partial charge in [0, 0.05) is 19.8 Å². The Morgan fingerprint density at radius 1 is 1.59 bits per heavy atom. The zero-order valence-corrected chi connectivity index (χ0v) is 10.4. The van der Waals surface area contributed by atoms with Crippen molar-refractivity contribution in [3.63, 3.8) is 0 Å². The first-order chi connectivity index (χ1) is 8.22. The number of nitrogens with zero attached hydrogens (tertiary/aromatic N) is 2. The molecule has 94 valence electrons. The normalized spacial score (nSPS) is 17.1. The van der Waals surface area contributed by atoms with Gasteiger partial charge < -0.3 is 9.47 Å². The zero-order valence-electron chi connectivity index (χ0n) is 9.69. The number of ether oxygens (including phenoxy) is 2. The van der Waals surface area contributed by atoms with Gasteiger partial charge in [-0.2, -0.15) is 0 Å². The maximum absolute atomic E-state index is 12.0. The second kappa shape index (κ2) is 5.51. The van der Waals surface area contributed by atoms with Gasteiger partial charge in [-0.15, -0.1) is 0 Å². The second-order valence-electron chi connectivity index (χ2n) is 4.08. The Balaban J connectivity index is 2.18. The Bertz CT molecular complexity index is 441. The third-order valence-electron chi connectivity index (χ3n) is 2.95. The minimum Gasteiger partial charge on any atom is -0.489 e. The summed E-state index contributed by atoms with van der Waals surface area (Å²) in [6, 6.07) is 0. The molecule has 2 heterocycles. The van der Waals surface area contributed by atoms with E-state index in [1.165, 1.54) is 13.4 Å². The quantitative estimate of drug-likeness (QED) is 0.768. The van der Waals surface area contributed by atoms with Crippen molar-refractivity contribution in [2.75, 3.05) is 20.3 Å². The standard InChI is InChI=1S/C11H15ClN2O3/c1-16-9-10(12)13-7-14(11(9)15)6-8-2-4-17-5-3-8/h7-8H,2-6H2,1H3. The van der Waals surface area contributed by atoms with Crippen molar-refractivity contribution in [3.8, 4) is 5.75 Å². The van der Waals surface area contributed by atoms with Crippen LogP contribution in [0.15, 0.2) is 11.1 Å². The molecule has 0 N–H and O–H groups in total. The molecule has 0 spiro atoms. The van der Waals surface area contributed by atoms with E-state index in [1.54, 1.807) is 4.57 Å². The third kappa shape index (κ3) is 2.79. The molecule has 1 saturated heterocycles. The van der Waals surface area contributed by atoms with Crippen LogP contribution in [0.3, 0.4) is 0 Å². The summed E-state index contributed by atoms with van der Waals surface area (Å²) in [6.45, 7) is 2.16. The summed E-state index contributed by atoms with van der Waals surface area (Å²) < 4.78 is 11.8. The molecule has 1 aromatic rings. The van der Waals surface area contributed by atoms with E-state index in [0.29, 0.717) is 12.5 Å². The Kier molecular flexibility index (Phi) is 4.02. The van der Waals surface area contributed by atoms with Crippen molar-refractivity contribution in [1.82, 2.24) is 9.55 Å². The molecule has 0 amide bonds. The van der Waals surface area contributed by atoms with Gasteiger partial charge in [-0.25, -0.2) is 4.98 Å². The van der Waals surface area contributed by atoms with Crippen LogP contribution in [-0.4, -0.2) is 29.9 Å². The SMILES string of the molecule is COc1c(Cl)ncn(CC2CCOCC2)c1=O. The lowest BCUT2D eigenvalue weighted by Gasteiger charge is -2.22. The van der Waals surface area contributed by atoms with E-state index in [4.69, 9.17) is 21.1 Å². The molecule has 0 unspecified atom stereocenters. The van der Waals surface area contributed by atoms with Gasteiger partial charge in [-0.1, -0.05) is 11.6 Å². The van der Waals surface area contributed by atoms with E-state index in [-0.39, 0.29) is 16.5 Å². The van der Waals surface area contributed by atoms with Crippen molar-refractivity contribution >= 4 is 11.6 Å². The fourth-order valence-electron chi connectivity index (χ4n) is 1.96. The summed E-state index contributed by atoms with van der Waals surface area (Å²) in [5.41, 5.74) is -0.223. The highest BCUT2D eigenvalue weighted by Gasteiger charge is 2.17. The van der Waals surface area contributed by atoms with Crippen LogP contribution in [0.5, 0.6) is 5.75 Å². The average Bonchev–Trinajstić information content (AvgIpc) is 2.35. The molecule has 1 aliphatic rings. The van der Waals surface area contributed by atoms with Gasteiger partial charge >= 0.3 is 0 Å². The van der Waals surface area contributed by atoms with Gasteiger partial charge in [0.1, 0.15) is 0 Å². The van der Waals surface area contributed by atoms with Crippen molar-refractivity contribution in [2.24, 2.45) is 5.92 Å². The van der Waals surface area contributed by atoms with Crippen molar-refractivity contribution in [1.29, 1.82) is 0 Å². The Morgan fingerprint density at radius 2 is 2.29 bits per heavy atom. The van der Waals surface area contributed by atoms with Crippen molar-refractivity contribution < 1.29 is 9.47 Å². The number of hydrogen-bond donors (Lipinski definition) is 0. The Morgan fingerprint density at radius 3 is 2.94 bits per heavy atom. The van der Waals surface area contributed by atoms with Gasteiger partial charge in [-0.3, -0.25) is 9.36 Å². The molecule has 1 fully saturated rings. The predicted octanol–water partition coefficient (Wildman–Crippen LogP) is 1.33. The Hall–Kier alpha value is -1.07. The van der Waals surface area contributed by atoms with Crippen LogP contribution >= 0.6 is 11.6 Å². The van der Waals surface area contributed by atoms with Crippen LogP contribution in [0.1, 0.15) is 12.8 Å². The molecule has 6 heteroatoms. The maximum Gasteiger partial charge on any atom is 0.297 e. The molecular weight excluding hydrogens is 244 g/mol. The molecule has 1 aromatic heterocycles. The lowest BCUT2D eigenvalue weighted by atomic mass is 10.0. The number of halogens is 1. The van der Waals surface area contributed by atoms with E-state index in [1.807, 2.05) is 0 Å². The van der Waals surface area contributed by atoms with E-state index in [2.05, 4.69) is 4.98 Å². The minimum absolute atomic E-state index is 0.112. The van der Waals surface area contributed by atoms with Crippen LogP contribution in [-0.2, 0) is 11.3 Å². The highest BCUT2D eigenvalue weighted by atomic mass is 35.5. The molecule has 1 aliphatic heterocycles. The lowest BCUT2D eigenvalue weighted by Crippen LogP contribution is -2.28. The van der Waals surface area contributed by atoms with E-state index in [0.717, 1.165) is 26.1 Å². The smallest absolute Gasteiger partial charge is 0.297 e. The first kappa shape index (κ1) is 12.4. The molecule has 2 rings (SSSR count). The number of hydrogen-bond acceptors (Lipinski definition) is 4. The zero-order chi connectivity index (χ0) is 12.3. The first-order valence-corrected chi connectivity index (χ1v) is 5.97. The second-order valence-corrected chi connectivity index (χ2v) is 4.44. The van der Waals surface area contributed by atoms with Crippen LogP contribution in [0.2, 0.25) is 5.15 Å². The summed E-state index contributed by atoms with van der Waals surface area (Å²) in [6.07, 6.45) is 3.41. The summed E-state index contributed by atoms with van der Waals surface area (Å²) in [5, 5.41) is 0.112.